The molecule has 2 atom stereocenters. The highest BCUT2D eigenvalue weighted by Gasteiger charge is 2.23. The summed E-state index contributed by atoms with van der Waals surface area (Å²) in [5.41, 5.74) is 6.37. The Morgan fingerprint density at radius 2 is 2.19 bits per heavy atom. The summed E-state index contributed by atoms with van der Waals surface area (Å²) in [7, 11) is -1.43. The number of hydrogen-bond donors (Lipinski definition) is 1. The molecule has 3 rings (SSSR count). The monoisotopic (exact) mass is 399 g/mol. The molecule has 11 heteroatoms. The van der Waals surface area contributed by atoms with Crippen molar-refractivity contribution in [2.75, 3.05) is 36.6 Å². The molecule has 0 amide bonds. The van der Waals surface area contributed by atoms with Crippen molar-refractivity contribution in [2.24, 2.45) is 0 Å². The number of rotatable bonds is 5. The summed E-state index contributed by atoms with van der Waals surface area (Å²) in [6, 6.07) is 3.09. The molecule has 0 radical (unpaired) electrons. The van der Waals surface area contributed by atoms with Crippen LogP contribution in [0.15, 0.2) is 23.5 Å². The van der Waals surface area contributed by atoms with Gasteiger partial charge in [0.15, 0.2) is 11.6 Å². The van der Waals surface area contributed by atoms with Crippen molar-refractivity contribution in [1.29, 1.82) is 0 Å². The standard InChI is InChI=1S/C16H19F2N5O3S/c1-9-8-25-4-3-23(9)13-6-11(21-16(22-13)27(2)24)10-5-12(26-15(17)18)14(19)20-7-10/h5-7,9,15H,3-4,8H2,1-2H3,(H2,19,20). The second kappa shape index (κ2) is 8.09. The van der Waals surface area contributed by atoms with E-state index in [0.29, 0.717) is 36.8 Å². The van der Waals surface area contributed by atoms with Crippen molar-refractivity contribution in [3.05, 3.63) is 18.3 Å². The predicted molar refractivity (Wildman–Crippen MR) is 96.3 cm³/mol. The molecular formula is C16H19F2N5O3S. The van der Waals surface area contributed by atoms with Crippen LogP contribution in [-0.4, -0.2) is 57.8 Å². The maximum absolute atomic E-state index is 12.6. The van der Waals surface area contributed by atoms with E-state index in [0.717, 1.165) is 0 Å². The molecule has 1 aliphatic rings. The van der Waals surface area contributed by atoms with Gasteiger partial charge in [-0.15, -0.1) is 0 Å². The number of pyridine rings is 1. The fourth-order valence-electron chi connectivity index (χ4n) is 2.69. The van der Waals surface area contributed by atoms with Crippen LogP contribution in [0.25, 0.3) is 11.3 Å². The molecule has 8 nitrogen and oxygen atoms in total. The zero-order chi connectivity index (χ0) is 19.6. The number of nitrogen functional groups attached to an aromatic ring is 1. The summed E-state index contributed by atoms with van der Waals surface area (Å²) >= 11 is 0. The molecule has 1 fully saturated rings. The van der Waals surface area contributed by atoms with Gasteiger partial charge in [-0.25, -0.2) is 15.0 Å². The minimum absolute atomic E-state index is 0.0712. The largest absolute Gasteiger partial charge is 0.431 e. The van der Waals surface area contributed by atoms with Gasteiger partial charge in [0, 0.05) is 30.6 Å². The van der Waals surface area contributed by atoms with Gasteiger partial charge in [0.05, 0.1) is 35.7 Å². The van der Waals surface area contributed by atoms with Crippen LogP contribution in [0, 0.1) is 0 Å². The number of anilines is 2. The molecule has 2 unspecified atom stereocenters. The molecule has 2 aromatic rings. The highest BCUT2D eigenvalue weighted by Crippen LogP contribution is 2.30. The minimum Gasteiger partial charge on any atom is -0.431 e. The molecule has 0 aliphatic carbocycles. The predicted octanol–water partition coefficient (Wildman–Crippen LogP) is 1.68. The fourth-order valence-corrected chi connectivity index (χ4v) is 3.14. The molecule has 2 aromatic heterocycles. The maximum atomic E-state index is 12.6. The SMILES string of the molecule is CC1COCCN1c1cc(-c2cnc(N)c(OC(F)F)c2)nc(S(C)=O)n1. The quantitative estimate of drug-likeness (QED) is 0.758. The molecule has 0 spiro atoms. The molecule has 0 aromatic carbocycles. The number of ether oxygens (including phenoxy) is 2. The van der Waals surface area contributed by atoms with Crippen LogP contribution in [0.1, 0.15) is 6.92 Å². The zero-order valence-corrected chi connectivity index (χ0v) is 15.6. The highest BCUT2D eigenvalue weighted by molar-refractivity contribution is 7.84. The van der Waals surface area contributed by atoms with Gasteiger partial charge in [-0.3, -0.25) is 4.21 Å². The second-order valence-corrected chi connectivity index (χ2v) is 7.22. The molecule has 27 heavy (non-hydrogen) atoms. The average molecular weight is 399 g/mol. The van der Waals surface area contributed by atoms with Crippen LogP contribution in [0.5, 0.6) is 5.75 Å². The van der Waals surface area contributed by atoms with Crippen LogP contribution < -0.4 is 15.4 Å². The maximum Gasteiger partial charge on any atom is 0.387 e. The Balaban J connectivity index is 2.06. The van der Waals surface area contributed by atoms with Crippen LogP contribution in [0.3, 0.4) is 0 Å². The van der Waals surface area contributed by atoms with Gasteiger partial charge in [0.2, 0.25) is 5.16 Å². The highest BCUT2D eigenvalue weighted by atomic mass is 32.2. The molecule has 1 aliphatic heterocycles. The number of morpholine rings is 1. The Kier molecular flexibility index (Phi) is 5.80. The second-order valence-electron chi connectivity index (χ2n) is 5.95. The van der Waals surface area contributed by atoms with E-state index < -0.39 is 17.4 Å². The topological polar surface area (TPSA) is 103 Å². The van der Waals surface area contributed by atoms with Gasteiger partial charge in [-0.2, -0.15) is 8.78 Å². The minimum atomic E-state index is -3.03. The smallest absolute Gasteiger partial charge is 0.387 e. The normalized spacial score (nSPS) is 18.6. The van der Waals surface area contributed by atoms with E-state index in [-0.39, 0.29) is 22.8 Å². The summed E-state index contributed by atoms with van der Waals surface area (Å²) in [6.45, 7) is 0.665. The van der Waals surface area contributed by atoms with Crippen molar-refractivity contribution >= 4 is 22.4 Å². The van der Waals surface area contributed by atoms with Crippen LogP contribution in [0.2, 0.25) is 0 Å². The van der Waals surface area contributed by atoms with Crippen LogP contribution in [-0.2, 0) is 15.5 Å². The first kappa shape index (κ1) is 19.4. The van der Waals surface area contributed by atoms with Gasteiger partial charge in [-0.05, 0) is 13.0 Å². The van der Waals surface area contributed by atoms with E-state index in [1.165, 1.54) is 18.5 Å². The third-order valence-corrected chi connectivity index (χ3v) is 4.70. The van der Waals surface area contributed by atoms with Crippen molar-refractivity contribution in [1.82, 2.24) is 15.0 Å². The van der Waals surface area contributed by atoms with Gasteiger partial charge in [-0.1, -0.05) is 0 Å². The van der Waals surface area contributed by atoms with Crippen LogP contribution >= 0.6 is 0 Å². The summed E-state index contributed by atoms with van der Waals surface area (Å²) in [4.78, 5) is 14.6. The number of halogens is 2. The molecule has 0 saturated carbocycles. The third-order valence-electron chi connectivity index (χ3n) is 4.00. The van der Waals surface area contributed by atoms with E-state index in [1.807, 2.05) is 11.8 Å². The van der Waals surface area contributed by atoms with Crippen molar-refractivity contribution in [2.45, 2.75) is 24.7 Å². The molecule has 3 heterocycles. The summed E-state index contributed by atoms with van der Waals surface area (Å²) in [6.07, 6.45) is 2.86. The lowest BCUT2D eigenvalue weighted by atomic mass is 10.1. The molecule has 0 bridgehead atoms. The number of nitrogens with zero attached hydrogens (tertiary/aromatic N) is 4. The summed E-state index contributed by atoms with van der Waals surface area (Å²) in [5.74, 6) is 0.171. The fraction of sp³-hybridized carbons (Fsp3) is 0.438. The summed E-state index contributed by atoms with van der Waals surface area (Å²) in [5, 5.41) is 0.134. The number of hydrogen-bond acceptors (Lipinski definition) is 8. The van der Waals surface area contributed by atoms with E-state index in [1.54, 1.807) is 6.07 Å². The first-order valence-corrected chi connectivity index (χ1v) is 9.68. The Hall–Kier alpha value is -2.40. The summed E-state index contributed by atoms with van der Waals surface area (Å²) < 4.78 is 47.0. The first-order valence-electron chi connectivity index (χ1n) is 8.12. The van der Waals surface area contributed by atoms with Gasteiger partial charge >= 0.3 is 6.61 Å². The van der Waals surface area contributed by atoms with Crippen molar-refractivity contribution < 1.29 is 22.5 Å². The van der Waals surface area contributed by atoms with Crippen molar-refractivity contribution in [3.63, 3.8) is 0 Å². The molecule has 146 valence electrons. The van der Waals surface area contributed by atoms with Crippen LogP contribution in [0.4, 0.5) is 20.4 Å². The average Bonchev–Trinajstić information content (AvgIpc) is 2.63. The van der Waals surface area contributed by atoms with E-state index in [4.69, 9.17) is 10.5 Å². The van der Waals surface area contributed by atoms with E-state index in [2.05, 4.69) is 19.7 Å². The number of nitrogens with two attached hydrogens (primary N) is 1. The lowest BCUT2D eigenvalue weighted by Crippen LogP contribution is -2.44. The Labute approximate surface area is 157 Å². The van der Waals surface area contributed by atoms with E-state index in [9.17, 15) is 13.0 Å². The number of alkyl halides is 2. The molecule has 1 saturated heterocycles. The van der Waals surface area contributed by atoms with Crippen molar-refractivity contribution in [3.8, 4) is 17.0 Å². The third kappa shape index (κ3) is 4.48. The van der Waals surface area contributed by atoms with E-state index >= 15 is 0 Å². The first-order chi connectivity index (χ1) is 12.8. The van der Waals surface area contributed by atoms with Gasteiger partial charge < -0.3 is 20.1 Å². The molecular weight excluding hydrogens is 380 g/mol. The molecule has 2 N–H and O–H groups in total. The Morgan fingerprint density at radius 3 is 2.85 bits per heavy atom. The zero-order valence-electron chi connectivity index (χ0n) is 14.8. The Bertz CT molecular complexity index is 855. The van der Waals surface area contributed by atoms with Gasteiger partial charge in [0.1, 0.15) is 5.82 Å². The van der Waals surface area contributed by atoms with Gasteiger partial charge in [0.25, 0.3) is 0 Å². The number of aromatic nitrogens is 3. The lowest BCUT2D eigenvalue weighted by molar-refractivity contribution is -0.0494. The lowest BCUT2D eigenvalue weighted by Gasteiger charge is -2.34. The Morgan fingerprint density at radius 1 is 1.41 bits per heavy atom.